The Hall–Kier alpha value is -0.720. The summed E-state index contributed by atoms with van der Waals surface area (Å²) in [6, 6.07) is 4.13. The number of nitrogens with two attached hydrogens (primary N) is 1. The van der Waals surface area contributed by atoms with Crippen LogP contribution in [0.25, 0.3) is 0 Å². The molecule has 0 saturated carbocycles. The number of morpholine rings is 1. The standard InChI is InChI=1S/C15H23ClFN3O/c1-3-15(2,20-6-8-21-9-7-20)14(19-18)12-10-11(17)4-5-13(12)16/h4-5,10,14,19H,3,6-9,18H2,1-2H3. The molecule has 1 aromatic carbocycles. The lowest BCUT2D eigenvalue weighted by Crippen LogP contribution is -2.58. The number of hydrazine groups is 1. The molecule has 1 heterocycles. The summed E-state index contributed by atoms with van der Waals surface area (Å²) in [5, 5.41) is 0.521. The molecule has 0 radical (unpaired) electrons. The van der Waals surface area contributed by atoms with Crippen LogP contribution in [-0.2, 0) is 4.74 Å². The molecule has 1 aliphatic heterocycles. The van der Waals surface area contributed by atoms with E-state index in [9.17, 15) is 4.39 Å². The van der Waals surface area contributed by atoms with Crippen LogP contribution in [0.15, 0.2) is 18.2 Å². The van der Waals surface area contributed by atoms with Gasteiger partial charge < -0.3 is 4.74 Å². The number of rotatable bonds is 5. The molecule has 4 nitrogen and oxygen atoms in total. The van der Waals surface area contributed by atoms with Crippen LogP contribution in [0.1, 0.15) is 31.9 Å². The second-order valence-corrected chi connectivity index (χ2v) is 5.98. The molecule has 0 aromatic heterocycles. The first-order chi connectivity index (χ1) is 10.0. The van der Waals surface area contributed by atoms with Crippen LogP contribution in [0.2, 0.25) is 5.02 Å². The van der Waals surface area contributed by atoms with Gasteiger partial charge in [0.1, 0.15) is 5.82 Å². The van der Waals surface area contributed by atoms with Gasteiger partial charge in [-0.15, -0.1) is 0 Å². The maximum atomic E-state index is 13.6. The number of halogens is 2. The number of benzene rings is 1. The molecule has 2 atom stereocenters. The fourth-order valence-electron chi connectivity index (χ4n) is 3.02. The highest BCUT2D eigenvalue weighted by atomic mass is 35.5. The Bertz CT molecular complexity index is 482. The van der Waals surface area contributed by atoms with Crippen LogP contribution >= 0.6 is 11.6 Å². The minimum Gasteiger partial charge on any atom is -0.379 e. The van der Waals surface area contributed by atoms with Gasteiger partial charge in [-0.2, -0.15) is 0 Å². The zero-order valence-corrected chi connectivity index (χ0v) is 13.3. The zero-order chi connectivity index (χ0) is 15.5. The van der Waals surface area contributed by atoms with E-state index in [4.69, 9.17) is 22.2 Å². The molecule has 0 bridgehead atoms. The van der Waals surface area contributed by atoms with Crippen LogP contribution in [0.4, 0.5) is 4.39 Å². The molecular formula is C15H23ClFN3O. The smallest absolute Gasteiger partial charge is 0.123 e. The first kappa shape index (κ1) is 16.6. The van der Waals surface area contributed by atoms with Gasteiger partial charge in [0.15, 0.2) is 0 Å². The number of nitrogens with one attached hydrogen (secondary N) is 1. The van der Waals surface area contributed by atoms with E-state index in [1.165, 1.54) is 12.1 Å². The highest BCUT2D eigenvalue weighted by molar-refractivity contribution is 6.31. The Morgan fingerprint density at radius 2 is 2.14 bits per heavy atom. The van der Waals surface area contributed by atoms with Gasteiger partial charge in [0.2, 0.25) is 0 Å². The Morgan fingerprint density at radius 3 is 2.71 bits per heavy atom. The molecule has 3 N–H and O–H groups in total. The molecule has 0 spiro atoms. The van der Waals surface area contributed by atoms with Crippen LogP contribution in [0, 0.1) is 5.82 Å². The monoisotopic (exact) mass is 315 g/mol. The van der Waals surface area contributed by atoms with E-state index in [2.05, 4.69) is 24.2 Å². The van der Waals surface area contributed by atoms with Crippen LogP contribution in [0.3, 0.4) is 0 Å². The van der Waals surface area contributed by atoms with Crippen molar-refractivity contribution in [1.29, 1.82) is 0 Å². The molecule has 0 amide bonds. The molecule has 118 valence electrons. The second-order valence-electron chi connectivity index (χ2n) is 5.58. The Balaban J connectivity index is 2.38. The minimum atomic E-state index is -0.310. The summed E-state index contributed by atoms with van der Waals surface area (Å²) in [6.45, 7) is 7.29. The van der Waals surface area contributed by atoms with Crippen molar-refractivity contribution in [3.05, 3.63) is 34.6 Å². The van der Waals surface area contributed by atoms with E-state index < -0.39 is 0 Å². The number of nitrogens with zero attached hydrogens (tertiary/aromatic N) is 1. The van der Waals surface area contributed by atoms with Gasteiger partial charge >= 0.3 is 0 Å². The summed E-state index contributed by atoms with van der Waals surface area (Å²) in [7, 11) is 0. The zero-order valence-electron chi connectivity index (χ0n) is 12.5. The average molecular weight is 316 g/mol. The molecule has 6 heteroatoms. The molecule has 1 aliphatic rings. The molecular weight excluding hydrogens is 293 g/mol. The third kappa shape index (κ3) is 3.38. The van der Waals surface area contributed by atoms with E-state index in [1.54, 1.807) is 6.07 Å². The third-order valence-electron chi connectivity index (χ3n) is 4.51. The van der Waals surface area contributed by atoms with Crippen molar-refractivity contribution in [3.8, 4) is 0 Å². The fraction of sp³-hybridized carbons (Fsp3) is 0.600. The predicted octanol–water partition coefficient (Wildman–Crippen LogP) is 2.48. The summed E-state index contributed by atoms with van der Waals surface area (Å²) >= 11 is 6.27. The molecule has 1 fully saturated rings. The van der Waals surface area contributed by atoms with Gasteiger partial charge in [-0.1, -0.05) is 18.5 Å². The number of hydrogen-bond acceptors (Lipinski definition) is 4. The lowest BCUT2D eigenvalue weighted by atomic mass is 9.83. The topological polar surface area (TPSA) is 50.5 Å². The van der Waals surface area contributed by atoms with Crippen LogP contribution in [0.5, 0.6) is 0 Å². The summed E-state index contributed by atoms with van der Waals surface area (Å²) in [4.78, 5) is 2.34. The quantitative estimate of drug-likeness (QED) is 0.647. The molecule has 1 aromatic rings. The summed E-state index contributed by atoms with van der Waals surface area (Å²) < 4.78 is 19.0. The molecule has 2 unspecified atom stereocenters. The van der Waals surface area contributed by atoms with Gasteiger partial charge in [-0.25, -0.2) is 4.39 Å². The van der Waals surface area contributed by atoms with Crippen molar-refractivity contribution in [2.45, 2.75) is 31.8 Å². The largest absolute Gasteiger partial charge is 0.379 e. The van der Waals surface area contributed by atoms with Gasteiger partial charge in [0, 0.05) is 23.7 Å². The normalized spacial score (nSPS) is 21.0. The average Bonchev–Trinajstić information content (AvgIpc) is 2.52. The first-order valence-electron chi connectivity index (χ1n) is 7.26. The Labute approximate surface area is 130 Å². The molecule has 21 heavy (non-hydrogen) atoms. The fourth-order valence-corrected chi connectivity index (χ4v) is 3.25. The van der Waals surface area contributed by atoms with Crippen molar-refractivity contribution in [2.24, 2.45) is 5.84 Å². The SMILES string of the molecule is CCC(C)(C(NN)c1cc(F)ccc1Cl)N1CCOCC1. The van der Waals surface area contributed by atoms with Crippen molar-refractivity contribution in [1.82, 2.24) is 10.3 Å². The number of hydrogen-bond donors (Lipinski definition) is 2. The van der Waals surface area contributed by atoms with Crippen LogP contribution < -0.4 is 11.3 Å². The second kappa shape index (κ2) is 7.03. The third-order valence-corrected chi connectivity index (χ3v) is 4.85. The van der Waals surface area contributed by atoms with E-state index in [1.807, 2.05) is 0 Å². The molecule has 2 rings (SSSR count). The Kier molecular flexibility index (Phi) is 5.57. The lowest BCUT2D eigenvalue weighted by Gasteiger charge is -2.47. The Morgan fingerprint density at radius 1 is 1.48 bits per heavy atom. The maximum absolute atomic E-state index is 13.6. The maximum Gasteiger partial charge on any atom is 0.123 e. The van der Waals surface area contributed by atoms with Crippen LogP contribution in [-0.4, -0.2) is 36.7 Å². The van der Waals surface area contributed by atoms with Gasteiger partial charge in [-0.3, -0.25) is 16.2 Å². The first-order valence-corrected chi connectivity index (χ1v) is 7.64. The van der Waals surface area contributed by atoms with Gasteiger partial charge in [0.25, 0.3) is 0 Å². The van der Waals surface area contributed by atoms with E-state index in [-0.39, 0.29) is 17.4 Å². The highest BCUT2D eigenvalue weighted by Crippen LogP contribution is 2.37. The van der Waals surface area contributed by atoms with Crippen molar-refractivity contribution in [2.75, 3.05) is 26.3 Å². The molecule has 0 aliphatic carbocycles. The van der Waals surface area contributed by atoms with Gasteiger partial charge in [-0.05, 0) is 37.1 Å². The van der Waals surface area contributed by atoms with E-state index in [0.29, 0.717) is 23.8 Å². The van der Waals surface area contributed by atoms with Crippen molar-refractivity contribution >= 4 is 11.6 Å². The number of ether oxygens (including phenoxy) is 1. The predicted molar refractivity (Wildman–Crippen MR) is 82.6 cm³/mol. The summed E-state index contributed by atoms with van der Waals surface area (Å²) in [5.41, 5.74) is 3.26. The van der Waals surface area contributed by atoms with Crippen molar-refractivity contribution < 1.29 is 9.13 Å². The van der Waals surface area contributed by atoms with Gasteiger partial charge in [0.05, 0.1) is 19.3 Å². The van der Waals surface area contributed by atoms with E-state index >= 15 is 0 Å². The lowest BCUT2D eigenvalue weighted by molar-refractivity contribution is -0.0329. The molecule has 1 saturated heterocycles. The minimum absolute atomic E-state index is 0.260. The van der Waals surface area contributed by atoms with Crippen molar-refractivity contribution in [3.63, 3.8) is 0 Å². The summed E-state index contributed by atoms with van der Waals surface area (Å²) in [6.07, 6.45) is 0.856. The summed E-state index contributed by atoms with van der Waals surface area (Å²) in [5.74, 6) is 5.49. The highest BCUT2D eigenvalue weighted by Gasteiger charge is 2.40. The van der Waals surface area contributed by atoms with E-state index in [0.717, 1.165) is 19.5 Å².